The highest BCUT2D eigenvalue weighted by atomic mass is 16.7. The molecule has 1 aliphatic carbocycles. The quantitative estimate of drug-likeness (QED) is 0.00900. The van der Waals surface area contributed by atoms with Crippen LogP contribution in [0.15, 0.2) is 77.2 Å². The lowest BCUT2D eigenvalue weighted by molar-refractivity contribution is -0.146. The van der Waals surface area contributed by atoms with Crippen molar-refractivity contribution in [2.75, 3.05) is 39.4 Å². The van der Waals surface area contributed by atoms with Gasteiger partial charge in [0.1, 0.15) is 67.7 Å². The zero-order valence-electron chi connectivity index (χ0n) is 62.7. The zero-order valence-corrected chi connectivity index (χ0v) is 62.7. The van der Waals surface area contributed by atoms with Gasteiger partial charge in [0.05, 0.1) is 19.5 Å². The van der Waals surface area contributed by atoms with Crippen molar-refractivity contribution < 1.29 is 71.8 Å². The predicted molar refractivity (Wildman–Crippen MR) is 394 cm³/mol. The molecule has 36 nitrogen and oxygen atoms in total. The first-order valence-electron chi connectivity index (χ1n) is 35.9. The highest BCUT2D eigenvalue weighted by Gasteiger charge is 2.38. The molecule has 0 bridgehead atoms. The minimum atomic E-state index is -1.40. The molecule has 19 N–H and O–H groups in total. The van der Waals surface area contributed by atoms with Crippen LogP contribution in [0.25, 0.3) is 11.1 Å². The summed E-state index contributed by atoms with van der Waals surface area (Å²) in [7, 11) is 0. The molecular formula is C71H107N21O15. The van der Waals surface area contributed by atoms with Gasteiger partial charge in [0.2, 0.25) is 53.2 Å². The predicted octanol–water partition coefficient (Wildman–Crippen LogP) is -0.143. The summed E-state index contributed by atoms with van der Waals surface area (Å²) in [6, 6.07) is 5.21. The lowest BCUT2D eigenvalue weighted by Gasteiger charge is -2.30. The Morgan fingerprint density at radius 2 is 0.981 bits per heavy atom. The third-order valence-corrected chi connectivity index (χ3v) is 16.7. The highest BCUT2D eigenvalue weighted by molar-refractivity contribution is 5.99. The van der Waals surface area contributed by atoms with Crippen molar-refractivity contribution in [1.82, 2.24) is 78.3 Å². The SMILES string of the molecule is CCOC(=O)c1cn(OC(=O)CNC(=O)CNC(=O)[C@H](CCCN=C(N)N)NC(=O)[C@H](CC(C)C)NC(=O)[C@H](CCCN=C(N)N)NC(=O)[C@H](CC(C)C)NC(=O)[C@@H](NC(=O)[C@H](CC(C)C)NC(=O)[C@H](Cc2cnc[nH]2)NC(=O)[C@H](CC(C)C)NC(=O)OCC2c3ccccc3-c3ccccc32)C(C)C)nn1. The first-order chi connectivity index (χ1) is 50.7. The summed E-state index contributed by atoms with van der Waals surface area (Å²) in [5.74, 6) is -11.2. The Morgan fingerprint density at radius 1 is 0.533 bits per heavy atom. The van der Waals surface area contributed by atoms with Gasteiger partial charge in [-0.1, -0.05) is 123 Å². The number of carbonyl (C=O) groups is 12. The average Bonchev–Trinajstić information content (AvgIpc) is 1.62. The van der Waals surface area contributed by atoms with E-state index in [9.17, 15) is 57.5 Å². The minimum Gasteiger partial charge on any atom is -0.461 e. The Morgan fingerprint density at radius 3 is 1.46 bits per heavy atom. The molecule has 2 heterocycles. The number of benzene rings is 2. The lowest BCUT2D eigenvalue weighted by atomic mass is 9.97. The zero-order chi connectivity index (χ0) is 79.0. The normalized spacial score (nSPS) is 13.9. The molecule has 10 amide bonds. The summed E-state index contributed by atoms with van der Waals surface area (Å²) in [6.07, 6.45) is 3.25. The van der Waals surface area contributed by atoms with Gasteiger partial charge in [-0.25, -0.2) is 19.4 Å². The topological polar surface area (TPSA) is 541 Å². The molecule has 36 heteroatoms. The van der Waals surface area contributed by atoms with Gasteiger partial charge in [-0.3, -0.25) is 53.1 Å². The fourth-order valence-corrected chi connectivity index (χ4v) is 11.6. The molecule has 0 saturated carbocycles. The van der Waals surface area contributed by atoms with Crippen molar-refractivity contribution in [3.63, 3.8) is 0 Å². The van der Waals surface area contributed by atoms with Gasteiger partial charge in [0.15, 0.2) is 17.6 Å². The van der Waals surface area contributed by atoms with Gasteiger partial charge >= 0.3 is 18.0 Å². The molecule has 2 aromatic heterocycles. The first-order valence-corrected chi connectivity index (χ1v) is 35.9. The second-order valence-corrected chi connectivity index (χ2v) is 28.0. The Hall–Kier alpha value is -11.2. The van der Waals surface area contributed by atoms with Crippen LogP contribution in [0.3, 0.4) is 0 Å². The number of hydrogen-bond donors (Lipinski definition) is 15. The fraction of sp³-hybridized carbons (Fsp3) is 0.563. The number of aromatic amines is 1. The molecule has 0 saturated heterocycles. The summed E-state index contributed by atoms with van der Waals surface area (Å²) in [5.41, 5.74) is 26.6. The van der Waals surface area contributed by atoms with Gasteiger partial charge in [-0.05, 0) is 115 Å². The van der Waals surface area contributed by atoms with Crippen molar-refractivity contribution >= 4 is 83.1 Å². The number of alkyl carbamates (subject to hydrolysis) is 1. The molecule has 0 fully saturated rings. The van der Waals surface area contributed by atoms with Crippen molar-refractivity contribution in [2.24, 2.45) is 62.5 Å². The summed E-state index contributed by atoms with van der Waals surface area (Å²) < 4.78 is 10.6. The first kappa shape index (κ1) is 86.4. The molecule has 1 aliphatic rings. The average molecular weight is 1490 g/mol. The van der Waals surface area contributed by atoms with Crippen LogP contribution in [-0.4, -0.2) is 196 Å². The van der Waals surface area contributed by atoms with Gasteiger partial charge in [-0.2, -0.15) is 0 Å². The van der Waals surface area contributed by atoms with E-state index in [4.69, 9.17) is 37.2 Å². The number of hydrogen-bond acceptors (Lipinski definition) is 20. The van der Waals surface area contributed by atoms with Crippen LogP contribution in [0.2, 0.25) is 0 Å². The van der Waals surface area contributed by atoms with Crippen LogP contribution >= 0.6 is 0 Å². The number of ether oxygens (including phenoxy) is 2. The number of rotatable bonds is 44. The van der Waals surface area contributed by atoms with Gasteiger partial charge in [0.25, 0.3) is 0 Å². The van der Waals surface area contributed by atoms with Gasteiger partial charge in [-0.15, -0.1) is 5.10 Å². The highest BCUT2D eigenvalue weighted by Crippen LogP contribution is 2.44. The van der Waals surface area contributed by atoms with E-state index in [0.717, 1.165) is 28.5 Å². The van der Waals surface area contributed by atoms with Crippen molar-refractivity contribution in [3.05, 3.63) is 89.8 Å². The molecule has 8 atom stereocenters. The number of carbonyl (C=O) groups excluding carboxylic acids is 12. The van der Waals surface area contributed by atoms with E-state index in [-0.39, 0.29) is 131 Å². The maximum Gasteiger partial charge on any atom is 0.407 e. The number of H-pyrrole nitrogens is 1. The van der Waals surface area contributed by atoms with Crippen LogP contribution in [0, 0.1) is 29.6 Å². The van der Waals surface area contributed by atoms with E-state index in [1.165, 1.54) is 12.5 Å². The second kappa shape index (κ2) is 43.3. The maximum atomic E-state index is 14.7. The third kappa shape index (κ3) is 29.3. The number of nitrogens with one attached hydrogen (secondary N) is 11. The second-order valence-electron chi connectivity index (χ2n) is 28.0. The number of nitrogens with two attached hydrogens (primary N) is 4. The number of imidazole rings is 1. The molecule has 4 aromatic rings. The van der Waals surface area contributed by atoms with Crippen LogP contribution in [0.1, 0.15) is 161 Å². The lowest BCUT2D eigenvalue weighted by Crippen LogP contribution is -2.61. The van der Waals surface area contributed by atoms with E-state index in [1.807, 2.05) is 76.2 Å². The van der Waals surface area contributed by atoms with E-state index in [1.54, 1.807) is 48.5 Å². The Labute approximate surface area is 621 Å². The van der Waals surface area contributed by atoms with Gasteiger partial charge < -0.3 is 95.4 Å². The molecule has 107 heavy (non-hydrogen) atoms. The van der Waals surface area contributed by atoms with E-state index < -0.39 is 139 Å². The molecule has 0 aliphatic heterocycles. The van der Waals surface area contributed by atoms with Crippen LogP contribution in [0.4, 0.5) is 4.79 Å². The standard InChI is InChI=1S/C71H107N21O15/c1-12-105-68(103)56-35-92(91-90-56)107-58(94)34-79-57(93)33-80-60(95)49(23-17-25-77-69(72)73)82-62(97)51(27-38(2)3)84-61(96)50(24-18-26-78-70(74)75)83-63(98)52(28-39(4)5)87-67(102)59(42(10)11)89-66(101)53(29-40(6)7)85-65(100)55(31-43-32-76-37-81-43)86-64(99)54(30-41(8)9)88-71(104)106-36-48-46-21-15-13-19-44(46)45-20-14-16-22-47(45)48/h13-16,19-22,32,35,37-42,48-55,59H,12,17-18,23-31,33-34,36H2,1-11H3,(H,76,81)(H,79,93)(H,80,95)(H,82,97)(H,83,98)(H,84,96)(H,85,100)(H,86,99)(H,87,102)(H,88,104)(H,89,101)(H4,72,73,77)(H4,74,75,78)/t49-,50-,51-,52-,53-,54-,55-,59-/m0/s1. The summed E-state index contributed by atoms with van der Waals surface area (Å²) in [5, 5.41) is 33.7. The monoisotopic (exact) mass is 1490 g/mol. The number of aliphatic imine (C=N–C) groups is 2. The molecule has 586 valence electrons. The fourth-order valence-electron chi connectivity index (χ4n) is 11.6. The smallest absolute Gasteiger partial charge is 0.407 e. The van der Waals surface area contributed by atoms with Crippen molar-refractivity contribution in [1.29, 1.82) is 0 Å². The van der Waals surface area contributed by atoms with Gasteiger partial charge in [0, 0.05) is 37.3 Å². The Bertz CT molecular complexity index is 3670. The van der Waals surface area contributed by atoms with E-state index >= 15 is 0 Å². The largest absolute Gasteiger partial charge is 0.461 e. The maximum absolute atomic E-state index is 14.7. The number of fused-ring (bicyclic) bond motifs is 3. The van der Waals surface area contributed by atoms with Crippen LogP contribution in [0.5, 0.6) is 0 Å². The van der Waals surface area contributed by atoms with Crippen LogP contribution < -0.4 is 80.9 Å². The third-order valence-electron chi connectivity index (χ3n) is 16.7. The summed E-state index contributed by atoms with van der Waals surface area (Å²) in [6.45, 7) is 18.2. The molecule has 0 spiro atoms. The minimum absolute atomic E-state index is 0.00822. The van der Waals surface area contributed by atoms with E-state index in [2.05, 4.69) is 83.4 Å². The Balaban J connectivity index is 1.29. The molecule has 0 radical (unpaired) electrons. The molecule has 2 aromatic carbocycles. The summed E-state index contributed by atoms with van der Waals surface area (Å²) >= 11 is 0. The number of nitrogens with zero attached hydrogens (tertiary/aromatic N) is 6. The van der Waals surface area contributed by atoms with Crippen molar-refractivity contribution in [2.45, 2.75) is 188 Å². The molecular weight excluding hydrogens is 1390 g/mol. The van der Waals surface area contributed by atoms with E-state index in [0.29, 0.717) is 10.5 Å². The number of guanidine groups is 2. The Kier molecular flexibility index (Phi) is 34.9. The molecule has 0 unspecified atom stereocenters. The molecule has 5 rings (SSSR count). The number of esters is 1. The van der Waals surface area contributed by atoms with Crippen molar-refractivity contribution in [3.8, 4) is 11.1 Å². The number of amides is 10. The van der Waals surface area contributed by atoms with Crippen LogP contribution in [-0.2, 0) is 63.8 Å². The number of aromatic nitrogens is 5. The summed E-state index contributed by atoms with van der Waals surface area (Å²) in [4.78, 5) is 187.